The molecule has 0 bridgehead atoms. The average molecular weight is 264 g/mol. The molecule has 1 aromatic carbocycles. The largest absolute Gasteiger partial charge is 0.331 e. The molecule has 2 rings (SSSR count). The minimum absolute atomic E-state index is 0.0290. The molecule has 0 aliphatic carbocycles. The second-order valence-corrected chi connectivity index (χ2v) is 4.88. The predicted octanol–water partition coefficient (Wildman–Crippen LogP) is 2.78. The highest BCUT2D eigenvalue weighted by atomic mass is 19.1. The molecule has 19 heavy (non-hydrogen) atoms. The number of carbonyl (C=O) groups is 2. The van der Waals surface area contributed by atoms with E-state index in [1.807, 2.05) is 13.8 Å². The molecule has 0 atom stereocenters. The number of amides is 3. The smallest absolute Gasteiger partial charge is 0.322 e. The summed E-state index contributed by atoms with van der Waals surface area (Å²) in [5, 5.41) is 0. The quantitative estimate of drug-likeness (QED) is 0.824. The fourth-order valence-electron chi connectivity index (χ4n) is 2.17. The van der Waals surface area contributed by atoms with Gasteiger partial charge in [0, 0.05) is 19.0 Å². The van der Waals surface area contributed by atoms with Crippen LogP contribution in [0.5, 0.6) is 0 Å². The van der Waals surface area contributed by atoms with E-state index in [1.165, 1.54) is 24.3 Å². The van der Waals surface area contributed by atoms with Crippen LogP contribution in [0, 0.1) is 5.82 Å². The number of benzene rings is 1. The number of anilines is 1. The van der Waals surface area contributed by atoms with Crippen LogP contribution in [0.25, 0.3) is 0 Å². The molecule has 0 spiro atoms. The Morgan fingerprint density at radius 1 is 1.16 bits per heavy atom. The minimum atomic E-state index is -0.390. The summed E-state index contributed by atoms with van der Waals surface area (Å²) in [6.45, 7) is 4.40. The van der Waals surface area contributed by atoms with Gasteiger partial charge >= 0.3 is 6.03 Å². The highest BCUT2D eigenvalue weighted by Crippen LogP contribution is 2.22. The van der Waals surface area contributed by atoms with Gasteiger partial charge in [0.25, 0.3) is 0 Å². The Bertz CT molecular complexity index is 485. The summed E-state index contributed by atoms with van der Waals surface area (Å²) in [6, 6.07) is 5.11. The number of nitrogens with zero attached hydrogens (tertiary/aromatic N) is 2. The van der Waals surface area contributed by atoms with E-state index in [0.717, 1.165) is 4.90 Å². The normalized spacial score (nSPS) is 17.1. The first-order valence-electron chi connectivity index (χ1n) is 6.40. The van der Waals surface area contributed by atoms with E-state index in [-0.39, 0.29) is 23.8 Å². The molecular weight excluding hydrogens is 247 g/mol. The third kappa shape index (κ3) is 2.75. The third-order valence-corrected chi connectivity index (χ3v) is 3.18. The van der Waals surface area contributed by atoms with Gasteiger partial charge in [-0.25, -0.2) is 14.1 Å². The van der Waals surface area contributed by atoms with Gasteiger partial charge < -0.3 is 4.90 Å². The van der Waals surface area contributed by atoms with Crippen molar-refractivity contribution in [3.8, 4) is 0 Å². The Labute approximate surface area is 111 Å². The summed E-state index contributed by atoms with van der Waals surface area (Å²) >= 11 is 0. The van der Waals surface area contributed by atoms with Gasteiger partial charge in [-0.3, -0.25) is 4.79 Å². The predicted molar refractivity (Wildman–Crippen MR) is 70.4 cm³/mol. The molecule has 0 radical (unpaired) electrons. The van der Waals surface area contributed by atoms with Crippen molar-refractivity contribution in [2.24, 2.45) is 0 Å². The number of hydrogen-bond donors (Lipinski definition) is 0. The van der Waals surface area contributed by atoms with Crippen LogP contribution in [0.4, 0.5) is 14.9 Å². The first-order valence-corrected chi connectivity index (χ1v) is 6.40. The second kappa shape index (κ2) is 5.38. The van der Waals surface area contributed by atoms with Crippen LogP contribution in [0.3, 0.4) is 0 Å². The van der Waals surface area contributed by atoms with Crippen molar-refractivity contribution in [1.29, 1.82) is 0 Å². The molecule has 4 nitrogen and oxygen atoms in total. The zero-order chi connectivity index (χ0) is 14.0. The molecule has 1 fully saturated rings. The highest BCUT2D eigenvalue weighted by molar-refractivity contribution is 6.14. The van der Waals surface area contributed by atoms with Crippen LogP contribution < -0.4 is 4.90 Å². The maximum Gasteiger partial charge on any atom is 0.331 e. The number of halogens is 1. The van der Waals surface area contributed by atoms with E-state index < -0.39 is 0 Å². The van der Waals surface area contributed by atoms with Crippen molar-refractivity contribution in [2.45, 2.75) is 32.7 Å². The summed E-state index contributed by atoms with van der Waals surface area (Å²) in [5.74, 6) is -0.626. The van der Waals surface area contributed by atoms with Crippen molar-refractivity contribution in [2.75, 3.05) is 11.4 Å². The molecule has 1 aromatic rings. The molecule has 0 unspecified atom stereocenters. The standard InChI is InChI=1S/C14H17FN2O2/c1-10(2)16-9-3-4-13(18)17(14(16)19)12-7-5-11(15)6-8-12/h5-8,10H,3-4,9H2,1-2H3. The number of urea groups is 1. The first-order chi connectivity index (χ1) is 9.00. The Morgan fingerprint density at radius 3 is 2.37 bits per heavy atom. The van der Waals surface area contributed by atoms with E-state index in [9.17, 15) is 14.0 Å². The lowest BCUT2D eigenvalue weighted by molar-refractivity contribution is -0.117. The van der Waals surface area contributed by atoms with Crippen molar-refractivity contribution < 1.29 is 14.0 Å². The Balaban J connectivity index is 2.36. The second-order valence-electron chi connectivity index (χ2n) is 4.88. The van der Waals surface area contributed by atoms with Gasteiger partial charge in [-0.05, 0) is 44.5 Å². The molecule has 0 saturated carbocycles. The van der Waals surface area contributed by atoms with Crippen LogP contribution >= 0.6 is 0 Å². The lowest BCUT2D eigenvalue weighted by Crippen LogP contribution is -2.47. The molecule has 3 amide bonds. The SMILES string of the molecule is CC(C)N1CCCC(=O)N(c2ccc(F)cc2)C1=O. The van der Waals surface area contributed by atoms with Crippen LogP contribution in [0.15, 0.2) is 24.3 Å². The van der Waals surface area contributed by atoms with Gasteiger partial charge in [0.15, 0.2) is 0 Å². The van der Waals surface area contributed by atoms with E-state index in [4.69, 9.17) is 0 Å². The summed E-state index contributed by atoms with van der Waals surface area (Å²) in [7, 11) is 0. The topological polar surface area (TPSA) is 40.6 Å². The van der Waals surface area contributed by atoms with Crippen molar-refractivity contribution >= 4 is 17.6 Å². The number of imide groups is 1. The van der Waals surface area contributed by atoms with Gasteiger partial charge in [-0.15, -0.1) is 0 Å². The molecule has 1 heterocycles. The Hall–Kier alpha value is -1.91. The Kier molecular flexibility index (Phi) is 3.83. The van der Waals surface area contributed by atoms with Gasteiger partial charge in [-0.2, -0.15) is 0 Å². The van der Waals surface area contributed by atoms with Crippen LogP contribution in [-0.2, 0) is 4.79 Å². The Morgan fingerprint density at radius 2 is 1.79 bits per heavy atom. The van der Waals surface area contributed by atoms with E-state index in [2.05, 4.69) is 0 Å². The molecule has 1 aliphatic rings. The maximum absolute atomic E-state index is 12.9. The van der Waals surface area contributed by atoms with Crippen molar-refractivity contribution in [1.82, 2.24) is 4.90 Å². The molecule has 1 saturated heterocycles. The zero-order valence-corrected chi connectivity index (χ0v) is 11.1. The van der Waals surface area contributed by atoms with Gasteiger partial charge in [0.1, 0.15) is 5.82 Å². The van der Waals surface area contributed by atoms with E-state index in [1.54, 1.807) is 4.90 Å². The van der Waals surface area contributed by atoms with Crippen molar-refractivity contribution in [3.63, 3.8) is 0 Å². The first kappa shape index (κ1) is 13.5. The average Bonchev–Trinajstić information content (AvgIpc) is 2.50. The lowest BCUT2D eigenvalue weighted by atomic mass is 10.2. The van der Waals surface area contributed by atoms with Crippen molar-refractivity contribution in [3.05, 3.63) is 30.1 Å². The summed E-state index contributed by atoms with van der Waals surface area (Å²) in [4.78, 5) is 27.3. The molecule has 0 aromatic heterocycles. The van der Waals surface area contributed by atoms with Crippen LogP contribution in [-0.4, -0.2) is 29.4 Å². The van der Waals surface area contributed by atoms with Crippen LogP contribution in [0.2, 0.25) is 0 Å². The molecule has 0 N–H and O–H groups in total. The fourth-order valence-corrected chi connectivity index (χ4v) is 2.17. The summed E-state index contributed by atoms with van der Waals surface area (Å²) in [5.41, 5.74) is 0.420. The maximum atomic E-state index is 12.9. The van der Waals surface area contributed by atoms with E-state index >= 15 is 0 Å². The molecule has 102 valence electrons. The minimum Gasteiger partial charge on any atom is -0.322 e. The van der Waals surface area contributed by atoms with Gasteiger partial charge in [-0.1, -0.05) is 0 Å². The van der Waals surface area contributed by atoms with Crippen LogP contribution in [0.1, 0.15) is 26.7 Å². The molecular formula is C14H17FN2O2. The highest BCUT2D eigenvalue weighted by Gasteiger charge is 2.32. The van der Waals surface area contributed by atoms with Gasteiger partial charge in [0.05, 0.1) is 5.69 Å². The summed E-state index contributed by atoms with van der Waals surface area (Å²) < 4.78 is 12.9. The lowest BCUT2D eigenvalue weighted by Gasteiger charge is -2.29. The van der Waals surface area contributed by atoms with Gasteiger partial charge in [0.2, 0.25) is 5.91 Å². The summed E-state index contributed by atoms with van der Waals surface area (Å²) in [6.07, 6.45) is 0.979. The zero-order valence-electron chi connectivity index (χ0n) is 11.1. The number of rotatable bonds is 2. The number of carbonyl (C=O) groups excluding carboxylic acids is 2. The fraction of sp³-hybridized carbons (Fsp3) is 0.429. The number of hydrogen-bond acceptors (Lipinski definition) is 2. The molecule has 1 aliphatic heterocycles. The monoisotopic (exact) mass is 264 g/mol. The molecule has 5 heteroatoms. The third-order valence-electron chi connectivity index (χ3n) is 3.18. The van der Waals surface area contributed by atoms with E-state index in [0.29, 0.717) is 25.1 Å².